The van der Waals surface area contributed by atoms with E-state index in [4.69, 9.17) is 4.74 Å². The quantitative estimate of drug-likeness (QED) is 0.242. The van der Waals surface area contributed by atoms with E-state index in [0.717, 1.165) is 25.8 Å². The zero-order valence-electron chi connectivity index (χ0n) is 19.8. The van der Waals surface area contributed by atoms with Crippen LogP contribution in [0.25, 0.3) is 0 Å². The van der Waals surface area contributed by atoms with Crippen LogP contribution in [0.4, 0.5) is 14.5 Å². The standard InChI is InChI=1S/C26H35F2N3O4/c27-26(28,22-6-5-7-23(15-22)31-12-11-30-19-31)18-35-13-4-2-1-3-10-29-16-25(34)20-8-9-24(33)21(14-20)17-32/h5-9,11-12,14-15,25,29-30,32-34H,1-4,10,13,16-19H2. The van der Waals surface area contributed by atoms with Gasteiger partial charge < -0.3 is 35.6 Å². The van der Waals surface area contributed by atoms with Crippen molar-refractivity contribution in [2.24, 2.45) is 0 Å². The van der Waals surface area contributed by atoms with Gasteiger partial charge in [-0.1, -0.05) is 31.0 Å². The summed E-state index contributed by atoms with van der Waals surface area (Å²) in [7, 11) is 0. The molecule has 35 heavy (non-hydrogen) atoms. The molecule has 0 spiro atoms. The number of phenols is 1. The third-order valence-corrected chi connectivity index (χ3v) is 5.91. The first-order valence-electron chi connectivity index (χ1n) is 11.9. The van der Waals surface area contributed by atoms with Gasteiger partial charge in [-0.25, -0.2) is 0 Å². The molecule has 3 rings (SSSR count). The number of ether oxygens (including phenoxy) is 1. The van der Waals surface area contributed by atoms with Crippen LogP contribution in [0.1, 0.15) is 48.5 Å². The van der Waals surface area contributed by atoms with Gasteiger partial charge in [0.25, 0.3) is 5.92 Å². The number of benzene rings is 2. The zero-order chi connectivity index (χ0) is 25.1. The lowest BCUT2D eigenvalue weighted by molar-refractivity contribution is -0.0831. The minimum Gasteiger partial charge on any atom is -0.508 e. The van der Waals surface area contributed by atoms with Gasteiger partial charge in [0, 0.05) is 42.4 Å². The second kappa shape index (κ2) is 13.4. The van der Waals surface area contributed by atoms with Gasteiger partial charge in [0.05, 0.1) is 19.4 Å². The van der Waals surface area contributed by atoms with E-state index < -0.39 is 18.6 Å². The maximum atomic E-state index is 14.6. The number of alkyl halides is 2. The van der Waals surface area contributed by atoms with E-state index in [0.29, 0.717) is 36.4 Å². The summed E-state index contributed by atoms with van der Waals surface area (Å²) in [5.74, 6) is -3.04. The number of anilines is 1. The topological polar surface area (TPSA) is 97.2 Å². The number of rotatable bonds is 15. The average Bonchev–Trinajstić information content (AvgIpc) is 3.40. The molecule has 0 fully saturated rings. The lowest BCUT2D eigenvalue weighted by Gasteiger charge is -2.20. The molecule has 1 unspecified atom stereocenters. The predicted molar refractivity (Wildman–Crippen MR) is 131 cm³/mol. The molecule has 1 atom stereocenters. The van der Waals surface area contributed by atoms with Crippen molar-refractivity contribution in [3.63, 3.8) is 0 Å². The molecule has 1 aliphatic heterocycles. The number of aliphatic hydroxyl groups excluding tert-OH is 2. The summed E-state index contributed by atoms with van der Waals surface area (Å²) in [6, 6.07) is 11.0. The lowest BCUT2D eigenvalue weighted by Crippen LogP contribution is -2.23. The largest absolute Gasteiger partial charge is 0.508 e. The molecule has 0 saturated carbocycles. The van der Waals surface area contributed by atoms with Gasteiger partial charge in [-0.15, -0.1) is 0 Å². The summed E-state index contributed by atoms with van der Waals surface area (Å²) < 4.78 is 34.4. The van der Waals surface area contributed by atoms with Crippen molar-refractivity contribution in [2.75, 3.05) is 37.9 Å². The normalized spacial score (nSPS) is 14.3. The van der Waals surface area contributed by atoms with Gasteiger partial charge in [0.15, 0.2) is 0 Å². The first-order valence-corrected chi connectivity index (χ1v) is 11.9. The Morgan fingerprint density at radius 1 is 1.11 bits per heavy atom. The Labute approximate surface area is 205 Å². The van der Waals surface area contributed by atoms with Gasteiger partial charge in [0.1, 0.15) is 12.4 Å². The molecule has 2 aromatic rings. The minimum atomic E-state index is -3.05. The Morgan fingerprint density at radius 2 is 1.94 bits per heavy atom. The number of hydrogen-bond acceptors (Lipinski definition) is 7. The number of hydrogen-bond donors (Lipinski definition) is 5. The molecule has 0 aromatic heterocycles. The predicted octanol–water partition coefficient (Wildman–Crippen LogP) is 3.71. The molecular weight excluding hydrogens is 456 g/mol. The highest BCUT2D eigenvalue weighted by Gasteiger charge is 2.32. The van der Waals surface area contributed by atoms with Crippen LogP contribution in [0.3, 0.4) is 0 Å². The first kappa shape index (κ1) is 26.9. The van der Waals surface area contributed by atoms with Gasteiger partial charge in [-0.3, -0.25) is 0 Å². The molecule has 1 aliphatic rings. The van der Waals surface area contributed by atoms with Crippen LogP contribution < -0.4 is 15.5 Å². The Bertz CT molecular complexity index is 958. The van der Waals surface area contributed by atoms with Crippen LogP contribution in [0.15, 0.2) is 54.9 Å². The van der Waals surface area contributed by atoms with E-state index in [9.17, 15) is 24.1 Å². The first-order chi connectivity index (χ1) is 16.9. The Hall–Kier alpha value is -2.72. The summed E-state index contributed by atoms with van der Waals surface area (Å²) in [6.07, 6.45) is 6.26. The molecule has 7 nitrogen and oxygen atoms in total. The minimum absolute atomic E-state index is 0.00580. The third kappa shape index (κ3) is 8.17. The summed E-state index contributed by atoms with van der Waals surface area (Å²) in [5, 5.41) is 35.2. The van der Waals surface area contributed by atoms with E-state index >= 15 is 0 Å². The second-order valence-corrected chi connectivity index (χ2v) is 8.64. The summed E-state index contributed by atoms with van der Waals surface area (Å²) in [4.78, 5) is 1.86. The van der Waals surface area contributed by atoms with Crippen LogP contribution in [-0.2, 0) is 17.3 Å². The average molecular weight is 492 g/mol. The number of unbranched alkanes of at least 4 members (excludes halogenated alkanes) is 3. The molecule has 0 bridgehead atoms. The van der Waals surface area contributed by atoms with Gasteiger partial charge in [-0.05, 0) is 49.2 Å². The summed E-state index contributed by atoms with van der Waals surface area (Å²) in [6.45, 7) is 1.00. The molecule has 5 N–H and O–H groups in total. The monoisotopic (exact) mass is 491 g/mol. The molecule has 0 radical (unpaired) electrons. The number of halogens is 2. The van der Waals surface area contributed by atoms with Crippen LogP contribution >= 0.6 is 0 Å². The molecule has 2 aromatic carbocycles. The molecule has 192 valence electrons. The molecule has 0 aliphatic carbocycles. The lowest BCUT2D eigenvalue weighted by atomic mass is 10.1. The Kier molecular flexibility index (Phi) is 10.3. The number of aromatic hydroxyl groups is 1. The van der Waals surface area contributed by atoms with Crippen molar-refractivity contribution in [1.29, 1.82) is 0 Å². The van der Waals surface area contributed by atoms with E-state index in [1.807, 2.05) is 11.1 Å². The Balaban J connectivity index is 1.25. The fourth-order valence-corrected chi connectivity index (χ4v) is 3.82. The second-order valence-electron chi connectivity index (χ2n) is 8.64. The molecule has 1 heterocycles. The zero-order valence-corrected chi connectivity index (χ0v) is 19.8. The molecule has 0 amide bonds. The van der Waals surface area contributed by atoms with Crippen LogP contribution in [0.5, 0.6) is 5.75 Å². The highest BCUT2D eigenvalue weighted by Crippen LogP contribution is 2.31. The van der Waals surface area contributed by atoms with E-state index in [-0.39, 0.29) is 24.5 Å². The van der Waals surface area contributed by atoms with Crippen molar-refractivity contribution in [3.05, 3.63) is 71.6 Å². The van der Waals surface area contributed by atoms with Crippen LogP contribution in [-0.4, -0.2) is 48.3 Å². The number of nitrogens with zero attached hydrogens (tertiary/aromatic N) is 1. The highest BCUT2D eigenvalue weighted by atomic mass is 19.3. The molecule has 0 saturated heterocycles. The maximum absolute atomic E-state index is 14.6. The summed E-state index contributed by atoms with van der Waals surface area (Å²) in [5.41, 5.74) is 1.67. The van der Waals surface area contributed by atoms with Crippen molar-refractivity contribution in [1.82, 2.24) is 10.6 Å². The van der Waals surface area contributed by atoms with E-state index in [1.54, 1.807) is 30.5 Å². The SMILES string of the molecule is OCc1cc(C(O)CNCCCCCCOCC(F)(F)c2cccc(N3C=CNC3)c2)ccc1O. The van der Waals surface area contributed by atoms with Crippen molar-refractivity contribution < 1.29 is 28.8 Å². The van der Waals surface area contributed by atoms with Gasteiger partial charge in [0.2, 0.25) is 0 Å². The smallest absolute Gasteiger partial charge is 0.296 e. The van der Waals surface area contributed by atoms with Crippen molar-refractivity contribution in [2.45, 2.75) is 44.3 Å². The van der Waals surface area contributed by atoms with Crippen LogP contribution in [0, 0.1) is 0 Å². The third-order valence-electron chi connectivity index (χ3n) is 5.91. The fraction of sp³-hybridized carbons (Fsp3) is 0.462. The van der Waals surface area contributed by atoms with E-state index in [2.05, 4.69) is 10.6 Å². The number of nitrogens with one attached hydrogen (secondary N) is 2. The van der Waals surface area contributed by atoms with Crippen molar-refractivity contribution in [3.8, 4) is 5.75 Å². The highest BCUT2D eigenvalue weighted by molar-refractivity contribution is 5.52. The van der Waals surface area contributed by atoms with Gasteiger partial charge in [-0.2, -0.15) is 8.78 Å². The number of aliphatic hydroxyl groups is 2. The fourth-order valence-electron chi connectivity index (χ4n) is 3.82. The van der Waals surface area contributed by atoms with E-state index in [1.165, 1.54) is 18.2 Å². The Morgan fingerprint density at radius 3 is 2.71 bits per heavy atom. The molecular formula is C26H35F2N3O4. The molecule has 9 heteroatoms. The van der Waals surface area contributed by atoms with Crippen molar-refractivity contribution >= 4 is 5.69 Å². The van der Waals surface area contributed by atoms with Crippen LogP contribution in [0.2, 0.25) is 0 Å². The maximum Gasteiger partial charge on any atom is 0.296 e. The summed E-state index contributed by atoms with van der Waals surface area (Å²) >= 11 is 0. The van der Waals surface area contributed by atoms with Gasteiger partial charge >= 0.3 is 0 Å².